The van der Waals surface area contributed by atoms with E-state index in [9.17, 15) is 9.59 Å². The van der Waals surface area contributed by atoms with Crippen LogP contribution >= 0.6 is 23.2 Å². The molecule has 0 saturated heterocycles. The Morgan fingerprint density at radius 2 is 1.52 bits per heavy atom. The number of carbonyl (C=O) groups excluding carboxylic acids is 2. The summed E-state index contributed by atoms with van der Waals surface area (Å²) in [5.74, 6) is 2.10. The summed E-state index contributed by atoms with van der Waals surface area (Å²) >= 11 is 12.1. The van der Waals surface area contributed by atoms with Crippen molar-refractivity contribution >= 4 is 46.4 Å². The molecule has 4 bridgehead atoms. The Morgan fingerprint density at radius 1 is 0.871 bits per heavy atom. The van der Waals surface area contributed by atoms with Crippen LogP contribution in [0.1, 0.15) is 55.3 Å². The van der Waals surface area contributed by atoms with Gasteiger partial charge in [0.25, 0.3) is 5.91 Å². The van der Waals surface area contributed by atoms with E-state index in [2.05, 4.69) is 10.6 Å². The maximum Gasteiger partial charge on any atom is 0.257 e. The zero-order chi connectivity index (χ0) is 21.6. The van der Waals surface area contributed by atoms with Crippen LogP contribution in [0.5, 0.6) is 0 Å². The maximum absolute atomic E-state index is 13.0. The highest BCUT2D eigenvalue weighted by Crippen LogP contribution is 2.61. The molecular formula is C25H26Cl2N2O2. The van der Waals surface area contributed by atoms with Crippen LogP contribution in [0.4, 0.5) is 11.4 Å². The average molecular weight is 457 g/mol. The number of halogens is 2. The van der Waals surface area contributed by atoms with Crippen molar-refractivity contribution < 1.29 is 9.59 Å². The number of hydrogen-bond acceptors (Lipinski definition) is 2. The van der Waals surface area contributed by atoms with Gasteiger partial charge in [-0.2, -0.15) is 0 Å². The summed E-state index contributed by atoms with van der Waals surface area (Å²) in [4.78, 5) is 26.0. The first-order valence-electron chi connectivity index (χ1n) is 11.0. The number of amides is 2. The molecule has 0 radical (unpaired) electrons. The predicted octanol–water partition coefficient (Wildman–Crippen LogP) is 6.79. The van der Waals surface area contributed by atoms with Crippen molar-refractivity contribution in [1.82, 2.24) is 0 Å². The molecule has 162 valence electrons. The molecule has 0 aliphatic heterocycles. The van der Waals surface area contributed by atoms with Gasteiger partial charge in [-0.3, -0.25) is 9.59 Å². The van der Waals surface area contributed by atoms with Crippen LogP contribution < -0.4 is 10.6 Å². The standard InChI is InChI=1S/C25H26Cl2N2O2/c26-18-5-6-22(20(27)10-18)29-24(31)19-3-1-2-4-21(19)28-23(30)14-25-11-15-7-16(12-25)9-17(8-15)13-25/h1-6,10,15-17H,7-9,11-14H2,(H,28,30)(H,29,31). The van der Waals surface area contributed by atoms with Gasteiger partial charge in [0, 0.05) is 11.4 Å². The Morgan fingerprint density at radius 3 is 2.16 bits per heavy atom. The highest BCUT2D eigenvalue weighted by molar-refractivity contribution is 6.36. The molecule has 31 heavy (non-hydrogen) atoms. The number of nitrogens with one attached hydrogen (secondary N) is 2. The van der Waals surface area contributed by atoms with Crippen molar-refractivity contribution in [2.45, 2.75) is 44.9 Å². The van der Waals surface area contributed by atoms with Gasteiger partial charge in [-0.25, -0.2) is 0 Å². The molecule has 4 aliphatic carbocycles. The van der Waals surface area contributed by atoms with Crippen molar-refractivity contribution in [2.75, 3.05) is 10.6 Å². The SMILES string of the molecule is O=C(CC12CC3CC(CC(C3)C1)C2)Nc1ccccc1C(=O)Nc1ccc(Cl)cc1Cl. The van der Waals surface area contributed by atoms with E-state index in [-0.39, 0.29) is 17.2 Å². The molecule has 2 amide bonds. The minimum absolute atomic E-state index is 0.00623. The van der Waals surface area contributed by atoms with Gasteiger partial charge in [0.15, 0.2) is 0 Å². The topological polar surface area (TPSA) is 58.2 Å². The summed E-state index contributed by atoms with van der Waals surface area (Å²) in [6.07, 6.45) is 8.18. The Kier molecular flexibility index (Phi) is 5.47. The molecule has 4 fully saturated rings. The summed E-state index contributed by atoms with van der Waals surface area (Å²) in [5, 5.41) is 6.70. The first kappa shape index (κ1) is 20.8. The van der Waals surface area contributed by atoms with Gasteiger partial charge in [-0.05, 0) is 92.0 Å². The lowest BCUT2D eigenvalue weighted by molar-refractivity contribution is -0.124. The fourth-order valence-electron chi connectivity index (χ4n) is 6.61. The van der Waals surface area contributed by atoms with E-state index in [0.717, 1.165) is 17.8 Å². The number of rotatable bonds is 5. The quantitative estimate of drug-likeness (QED) is 0.519. The molecule has 6 rings (SSSR count). The molecule has 0 aromatic heterocycles. The molecule has 2 N–H and O–H groups in total. The van der Waals surface area contributed by atoms with E-state index >= 15 is 0 Å². The van der Waals surface area contributed by atoms with Crippen molar-refractivity contribution in [3.8, 4) is 0 Å². The predicted molar refractivity (Wildman–Crippen MR) is 125 cm³/mol. The van der Waals surface area contributed by atoms with E-state index in [1.807, 2.05) is 6.07 Å². The minimum atomic E-state index is -0.324. The second-order valence-electron chi connectivity index (χ2n) is 9.77. The molecule has 4 saturated carbocycles. The molecule has 0 spiro atoms. The second-order valence-corrected chi connectivity index (χ2v) is 10.6. The molecule has 0 heterocycles. The van der Waals surface area contributed by atoms with Gasteiger partial charge < -0.3 is 10.6 Å². The molecule has 0 unspecified atom stereocenters. The molecule has 2 aromatic carbocycles. The van der Waals surface area contributed by atoms with E-state index in [0.29, 0.717) is 33.4 Å². The first-order chi connectivity index (χ1) is 14.9. The number of carbonyl (C=O) groups is 2. The molecular weight excluding hydrogens is 431 g/mol. The van der Waals surface area contributed by atoms with Gasteiger partial charge in [0.05, 0.1) is 22.0 Å². The monoisotopic (exact) mass is 456 g/mol. The van der Waals surface area contributed by atoms with Crippen LogP contribution in [0.2, 0.25) is 10.0 Å². The van der Waals surface area contributed by atoms with E-state index in [1.54, 1.807) is 36.4 Å². The minimum Gasteiger partial charge on any atom is -0.325 e. The second kappa shape index (κ2) is 8.14. The number of anilines is 2. The third-order valence-corrected chi connectivity index (χ3v) is 7.87. The normalized spacial score (nSPS) is 28.4. The van der Waals surface area contributed by atoms with Crippen LogP contribution in [-0.2, 0) is 4.79 Å². The summed E-state index contributed by atoms with van der Waals surface area (Å²) in [5.41, 5.74) is 1.57. The fourth-order valence-corrected chi connectivity index (χ4v) is 7.07. The molecule has 4 aliphatic rings. The third-order valence-electron chi connectivity index (χ3n) is 7.33. The van der Waals surface area contributed by atoms with Gasteiger partial charge in [0.1, 0.15) is 0 Å². The molecule has 6 heteroatoms. The summed E-state index contributed by atoms with van der Waals surface area (Å²) in [6.45, 7) is 0. The van der Waals surface area contributed by atoms with Crippen LogP contribution in [-0.4, -0.2) is 11.8 Å². The fraction of sp³-hybridized carbons (Fsp3) is 0.440. The Hall–Kier alpha value is -2.04. The average Bonchev–Trinajstić information content (AvgIpc) is 2.69. The van der Waals surface area contributed by atoms with E-state index in [4.69, 9.17) is 23.2 Å². The van der Waals surface area contributed by atoms with Crippen LogP contribution in [0.3, 0.4) is 0 Å². The van der Waals surface area contributed by atoms with Crippen molar-refractivity contribution in [1.29, 1.82) is 0 Å². The maximum atomic E-state index is 13.0. The Labute approximate surface area is 192 Å². The number of benzene rings is 2. The summed E-state index contributed by atoms with van der Waals surface area (Å²) in [6, 6.07) is 12.0. The van der Waals surface area contributed by atoms with Gasteiger partial charge in [-0.15, -0.1) is 0 Å². The van der Waals surface area contributed by atoms with Crippen molar-refractivity contribution in [3.63, 3.8) is 0 Å². The van der Waals surface area contributed by atoms with Gasteiger partial charge in [-0.1, -0.05) is 35.3 Å². The van der Waals surface area contributed by atoms with Crippen molar-refractivity contribution in [2.24, 2.45) is 23.2 Å². The smallest absolute Gasteiger partial charge is 0.257 e. The Bertz CT molecular complexity index is 1000. The lowest BCUT2D eigenvalue weighted by atomic mass is 9.49. The van der Waals surface area contributed by atoms with E-state index in [1.165, 1.54) is 38.5 Å². The lowest BCUT2D eigenvalue weighted by Gasteiger charge is -2.56. The van der Waals surface area contributed by atoms with Crippen molar-refractivity contribution in [3.05, 3.63) is 58.1 Å². The third kappa shape index (κ3) is 4.33. The molecule has 2 aromatic rings. The zero-order valence-corrected chi connectivity index (χ0v) is 18.8. The van der Waals surface area contributed by atoms with Crippen LogP contribution in [0, 0.1) is 23.2 Å². The van der Waals surface area contributed by atoms with Crippen LogP contribution in [0.15, 0.2) is 42.5 Å². The highest BCUT2D eigenvalue weighted by atomic mass is 35.5. The zero-order valence-electron chi connectivity index (χ0n) is 17.3. The highest BCUT2D eigenvalue weighted by Gasteiger charge is 2.51. The number of hydrogen-bond donors (Lipinski definition) is 2. The Balaban J connectivity index is 1.29. The molecule has 0 atom stereocenters. The van der Waals surface area contributed by atoms with E-state index < -0.39 is 0 Å². The van der Waals surface area contributed by atoms with Gasteiger partial charge in [0.2, 0.25) is 5.91 Å². The lowest BCUT2D eigenvalue weighted by Crippen LogP contribution is -2.47. The summed E-state index contributed by atoms with van der Waals surface area (Å²) < 4.78 is 0. The molecule has 4 nitrogen and oxygen atoms in total. The largest absolute Gasteiger partial charge is 0.325 e. The number of para-hydroxylation sites is 1. The summed E-state index contributed by atoms with van der Waals surface area (Å²) in [7, 11) is 0. The van der Waals surface area contributed by atoms with Crippen LogP contribution in [0.25, 0.3) is 0 Å². The van der Waals surface area contributed by atoms with Gasteiger partial charge >= 0.3 is 0 Å². The first-order valence-corrected chi connectivity index (χ1v) is 11.8.